The third-order valence-electron chi connectivity index (χ3n) is 4.67. The number of carbonyl (C=O) groups is 2. The Morgan fingerprint density at radius 2 is 1.28 bits per heavy atom. The summed E-state index contributed by atoms with van der Waals surface area (Å²) in [7, 11) is 0. The van der Waals surface area contributed by atoms with E-state index in [1.807, 2.05) is 54.6 Å². The second-order valence-corrected chi connectivity index (χ2v) is 6.50. The average Bonchev–Trinajstić information content (AvgIpc) is 2.73. The number of aromatic nitrogens is 1. The SMILES string of the molecule is O=C(O)c1cc(C(=O)O)c2cc(-c3ccc(-c4ccccc4)cc3)cc(O)c2n1. The average molecular weight is 385 g/mol. The second kappa shape index (κ2) is 7.09. The zero-order valence-electron chi connectivity index (χ0n) is 15.0. The number of phenols is 1. The highest BCUT2D eigenvalue weighted by molar-refractivity contribution is 6.07. The molecule has 29 heavy (non-hydrogen) atoms. The van der Waals surface area contributed by atoms with Gasteiger partial charge in [0.15, 0.2) is 0 Å². The normalized spacial score (nSPS) is 10.8. The number of aromatic carboxylic acids is 2. The molecule has 0 saturated heterocycles. The summed E-state index contributed by atoms with van der Waals surface area (Å²) in [6.45, 7) is 0. The molecule has 0 spiro atoms. The number of carboxylic acids is 2. The van der Waals surface area contributed by atoms with Gasteiger partial charge in [0.2, 0.25) is 0 Å². The molecule has 6 nitrogen and oxygen atoms in total. The van der Waals surface area contributed by atoms with Crippen molar-refractivity contribution in [2.24, 2.45) is 0 Å². The molecule has 0 amide bonds. The fourth-order valence-electron chi connectivity index (χ4n) is 3.25. The summed E-state index contributed by atoms with van der Waals surface area (Å²) in [5, 5.41) is 29.2. The maximum Gasteiger partial charge on any atom is 0.354 e. The molecule has 1 heterocycles. The summed E-state index contributed by atoms with van der Waals surface area (Å²) in [4.78, 5) is 26.8. The third-order valence-corrected chi connectivity index (χ3v) is 4.67. The van der Waals surface area contributed by atoms with Crippen LogP contribution in [-0.2, 0) is 0 Å². The molecule has 0 atom stereocenters. The first kappa shape index (κ1) is 18.2. The zero-order chi connectivity index (χ0) is 20.5. The van der Waals surface area contributed by atoms with Crippen molar-refractivity contribution in [2.45, 2.75) is 0 Å². The number of aromatic hydroxyl groups is 1. The highest BCUT2D eigenvalue weighted by atomic mass is 16.4. The number of hydrogen-bond acceptors (Lipinski definition) is 4. The topological polar surface area (TPSA) is 108 Å². The molecule has 3 aromatic carbocycles. The number of nitrogens with zero attached hydrogens (tertiary/aromatic N) is 1. The molecule has 4 rings (SSSR count). The Balaban J connectivity index is 1.85. The first-order chi connectivity index (χ1) is 13.9. The van der Waals surface area contributed by atoms with Gasteiger partial charge in [0, 0.05) is 5.39 Å². The minimum absolute atomic E-state index is 0.0630. The van der Waals surface area contributed by atoms with E-state index in [0.29, 0.717) is 5.56 Å². The smallest absolute Gasteiger partial charge is 0.354 e. The summed E-state index contributed by atoms with van der Waals surface area (Å²) < 4.78 is 0. The number of rotatable bonds is 4. The Hall–Kier alpha value is -4.19. The molecule has 0 aliphatic carbocycles. The quantitative estimate of drug-likeness (QED) is 0.471. The van der Waals surface area contributed by atoms with Crippen molar-refractivity contribution in [1.29, 1.82) is 0 Å². The highest BCUT2D eigenvalue weighted by Crippen LogP contribution is 2.34. The van der Waals surface area contributed by atoms with Crippen LogP contribution in [0.1, 0.15) is 20.8 Å². The Bertz CT molecular complexity index is 1250. The largest absolute Gasteiger partial charge is 0.506 e. The maximum absolute atomic E-state index is 11.6. The summed E-state index contributed by atoms with van der Waals surface area (Å²) in [6.07, 6.45) is 0. The fraction of sp³-hybridized carbons (Fsp3) is 0. The summed E-state index contributed by atoms with van der Waals surface area (Å²) in [6, 6.07) is 21.5. The van der Waals surface area contributed by atoms with Gasteiger partial charge in [-0.15, -0.1) is 0 Å². The molecule has 142 valence electrons. The lowest BCUT2D eigenvalue weighted by Crippen LogP contribution is -2.06. The van der Waals surface area contributed by atoms with Crippen LogP contribution < -0.4 is 0 Å². The van der Waals surface area contributed by atoms with Crippen LogP contribution in [0.5, 0.6) is 5.75 Å². The van der Waals surface area contributed by atoms with Crippen molar-refractivity contribution in [3.63, 3.8) is 0 Å². The molecule has 0 aliphatic heterocycles. The lowest BCUT2D eigenvalue weighted by molar-refractivity contribution is 0.0691. The number of benzene rings is 3. The molecular formula is C23H15NO5. The van der Waals surface area contributed by atoms with Gasteiger partial charge in [0.25, 0.3) is 0 Å². The Kier molecular flexibility index (Phi) is 4.44. The summed E-state index contributed by atoms with van der Waals surface area (Å²) >= 11 is 0. The van der Waals surface area contributed by atoms with Crippen LogP contribution in [0.15, 0.2) is 72.8 Å². The van der Waals surface area contributed by atoms with Gasteiger partial charge in [-0.1, -0.05) is 54.6 Å². The second-order valence-electron chi connectivity index (χ2n) is 6.50. The monoisotopic (exact) mass is 385 g/mol. The van der Waals surface area contributed by atoms with E-state index in [4.69, 9.17) is 5.11 Å². The first-order valence-corrected chi connectivity index (χ1v) is 8.74. The molecular weight excluding hydrogens is 370 g/mol. The lowest BCUT2D eigenvalue weighted by Gasteiger charge is -2.10. The highest BCUT2D eigenvalue weighted by Gasteiger charge is 2.18. The zero-order valence-corrected chi connectivity index (χ0v) is 15.0. The maximum atomic E-state index is 11.6. The molecule has 0 bridgehead atoms. The van der Waals surface area contributed by atoms with E-state index in [1.165, 1.54) is 6.07 Å². The minimum atomic E-state index is -1.37. The fourth-order valence-corrected chi connectivity index (χ4v) is 3.25. The van der Waals surface area contributed by atoms with Gasteiger partial charge in [-0.05, 0) is 40.5 Å². The van der Waals surface area contributed by atoms with E-state index in [9.17, 15) is 19.8 Å². The first-order valence-electron chi connectivity index (χ1n) is 8.74. The number of carboxylic acid groups (broad SMARTS) is 2. The predicted molar refractivity (Wildman–Crippen MR) is 108 cm³/mol. The van der Waals surface area contributed by atoms with E-state index in [2.05, 4.69) is 4.98 Å². The van der Waals surface area contributed by atoms with Crippen LogP contribution in [0.3, 0.4) is 0 Å². The van der Waals surface area contributed by atoms with Crippen LogP contribution in [-0.4, -0.2) is 32.2 Å². The van der Waals surface area contributed by atoms with Gasteiger partial charge in [-0.3, -0.25) is 0 Å². The molecule has 0 unspecified atom stereocenters. The van der Waals surface area contributed by atoms with Crippen molar-refractivity contribution >= 4 is 22.8 Å². The number of pyridine rings is 1. The van der Waals surface area contributed by atoms with E-state index in [1.54, 1.807) is 6.07 Å². The van der Waals surface area contributed by atoms with E-state index in [-0.39, 0.29) is 22.2 Å². The van der Waals surface area contributed by atoms with Gasteiger partial charge in [-0.2, -0.15) is 0 Å². The number of phenolic OH excluding ortho intramolecular Hbond substituents is 1. The van der Waals surface area contributed by atoms with Crippen LogP contribution in [0.25, 0.3) is 33.2 Å². The van der Waals surface area contributed by atoms with Gasteiger partial charge >= 0.3 is 11.9 Å². The molecule has 6 heteroatoms. The minimum Gasteiger partial charge on any atom is -0.506 e. The molecule has 0 radical (unpaired) electrons. The van der Waals surface area contributed by atoms with E-state index >= 15 is 0 Å². The standard InChI is InChI=1S/C23H15NO5/c25-20-11-16(15-8-6-14(7-9-15)13-4-2-1-3-5-13)10-17-18(22(26)27)12-19(23(28)29)24-21(17)20/h1-12,25H,(H,26,27)(H,28,29). The predicted octanol–water partition coefficient (Wildman–Crippen LogP) is 4.67. The van der Waals surface area contributed by atoms with Gasteiger partial charge in [0.05, 0.1) is 5.56 Å². The number of fused-ring (bicyclic) bond motifs is 1. The lowest BCUT2D eigenvalue weighted by atomic mass is 9.97. The van der Waals surface area contributed by atoms with Gasteiger partial charge < -0.3 is 15.3 Å². The Morgan fingerprint density at radius 3 is 1.86 bits per heavy atom. The third kappa shape index (κ3) is 3.39. The van der Waals surface area contributed by atoms with Crippen LogP contribution in [0.4, 0.5) is 0 Å². The van der Waals surface area contributed by atoms with Gasteiger partial charge in [0.1, 0.15) is 17.0 Å². The molecule has 3 N–H and O–H groups in total. The van der Waals surface area contributed by atoms with Crippen molar-refractivity contribution < 1.29 is 24.9 Å². The molecule has 1 aromatic heterocycles. The van der Waals surface area contributed by atoms with E-state index in [0.717, 1.165) is 22.8 Å². The van der Waals surface area contributed by atoms with Crippen molar-refractivity contribution in [2.75, 3.05) is 0 Å². The molecule has 0 saturated carbocycles. The Labute approximate surface area is 165 Å². The molecule has 0 fully saturated rings. The Morgan fingerprint density at radius 1 is 0.690 bits per heavy atom. The van der Waals surface area contributed by atoms with Crippen LogP contribution in [0, 0.1) is 0 Å². The molecule has 4 aromatic rings. The summed E-state index contributed by atoms with van der Waals surface area (Å²) in [5.74, 6) is -2.94. The van der Waals surface area contributed by atoms with Crippen molar-refractivity contribution in [3.8, 4) is 28.0 Å². The van der Waals surface area contributed by atoms with Crippen LogP contribution in [0.2, 0.25) is 0 Å². The number of hydrogen-bond donors (Lipinski definition) is 3. The summed E-state index contributed by atoms with van der Waals surface area (Å²) in [5.41, 5.74) is 2.74. The van der Waals surface area contributed by atoms with Crippen molar-refractivity contribution in [3.05, 3.63) is 84.1 Å². The van der Waals surface area contributed by atoms with Crippen molar-refractivity contribution in [1.82, 2.24) is 4.98 Å². The van der Waals surface area contributed by atoms with Crippen LogP contribution >= 0.6 is 0 Å². The van der Waals surface area contributed by atoms with Gasteiger partial charge in [-0.25, -0.2) is 14.6 Å². The molecule has 0 aliphatic rings. The van der Waals surface area contributed by atoms with E-state index < -0.39 is 17.6 Å².